The molecule has 1 aliphatic heterocycles. The van der Waals surface area contributed by atoms with Crippen molar-refractivity contribution in [3.63, 3.8) is 0 Å². The van der Waals surface area contributed by atoms with Gasteiger partial charge >= 0.3 is 0 Å². The highest BCUT2D eigenvalue weighted by Crippen LogP contribution is 2.09. The fraction of sp³-hybridized carbons (Fsp3) is 0.556. The summed E-state index contributed by atoms with van der Waals surface area (Å²) in [4.78, 5) is 14.9. The number of aliphatic imine (C=N–C) groups is 1. The standard InChI is InChI=1S/C9H14N2O/c1-7-4-3-5-9(11-7)6-10-8(2)12/h5H,3-4,6H2,1-2H3,(H,10,12). The summed E-state index contributed by atoms with van der Waals surface area (Å²) in [5, 5.41) is 2.72. The Hall–Kier alpha value is -1.12. The number of rotatable bonds is 2. The van der Waals surface area contributed by atoms with Gasteiger partial charge in [-0.05, 0) is 19.8 Å². The van der Waals surface area contributed by atoms with Crippen molar-refractivity contribution in [1.29, 1.82) is 0 Å². The normalized spacial score (nSPS) is 16.5. The van der Waals surface area contributed by atoms with Crippen LogP contribution in [0.25, 0.3) is 0 Å². The molecule has 1 N–H and O–H groups in total. The average Bonchev–Trinajstić information content (AvgIpc) is 2.01. The fourth-order valence-electron chi connectivity index (χ4n) is 1.12. The number of nitrogens with one attached hydrogen (secondary N) is 1. The highest BCUT2D eigenvalue weighted by molar-refractivity contribution is 5.84. The van der Waals surface area contributed by atoms with E-state index in [-0.39, 0.29) is 5.91 Å². The Morgan fingerprint density at radius 1 is 1.75 bits per heavy atom. The van der Waals surface area contributed by atoms with Gasteiger partial charge in [0.2, 0.25) is 5.91 Å². The van der Waals surface area contributed by atoms with E-state index in [1.807, 2.05) is 6.92 Å². The predicted molar refractivity (Wildman–Crippen MR) is 49.1 cm³/mol. The summed E-state index contributed by atoms with van der Waals surface area (Å²) in [7, 11) is 0. The summed E-state index contributed by atoms with van der Waals surface area (Å²) < 4.78 is 0. The van der Waals surface area contributed by atoms with Crippen LogP contribution < -0.4 is 5.32 Å². The molecule has 0 fully saturated rings. The Morgan fingerprint density at radius 3 is 3.08 bits per heavy atom. The van der Waals surface area contributed by atoms with E-state index in [1.165, 1.54) is 6.92 Å². The van der Waals surface area contributed by atoms with E-state index < -0.39 is 0 Å². The van der Waals surface area contributed by atoms with Gasteiger partial charge in [0.05, 0.1) is 12.2 Å². The molecule has 66 valence electrons. The number of nitrogens with zero attached hydrogens (tertiary/aromatic N) is 1. The molecule has 0 aromatic rings. The summed E-state index contributed by atoms with van der Waals surface area (Å²) in [6.07, 6.45) is 4.16. The second-order valence-corrected chi connectivity index (χ2v) is 2.99. The molecule has 0 unspecified atom stereocenters. The van der Waals surface area contributed by atoms with Crippen LogP contribution in [0, 0.1) is 0 Å². The lowest BCUT2D eigenvalue weighted by Gasteiger charge is -2.09. The molecule has 0 aliphatic carbocycles. The molecule has 0 saturated carbocycles. The zero-order chi connectivity index (χ0) is 8.97. The van der Waals surface area contributed by atoms with Gasteiger partial charge in [0, 0.05) is 12.6 Å². The van der Waals surface area contributed by atoms with Crippen molar-refractivity contribution >= 4 is 11.6 Å². The number of hydrogen-bond donors (Lipinski definition) is 1. The number of hydrogen-bond acceptors (Lipinski definition) is 2. The molecule has 0 bridgehead atoms. The zero-order valence-electron chi connectivity index (χ0n) is 7.55. The molecule has 3 nitrogen and oxygen atoms in total. The van der Waals surface area contributed by atoms with E-state index in [9.17, 15) is 4.79 Å². The maximum absolute atomic E-state index is 10.6. The summed E-state index contributed by atoms with van der Waals surface area (Å²) in [5.41, 5.74) is 2.13. The van der Waals surface area contributed by atoms with Gasteiger partial charge in [0.25, 0.3) is 0 Å². The van der Waals surface area contributed by atoms with Crippen molar-refractivity contribution in [2.24, 2.45) is 4.99 Å². The molecule has 3 heteroatoms. The fourth-order valence-corrected chi connectivity index (χ4v) is 1.12. The minimum atomic E-state index is -0.00525. The topological polar surface area (TPSA) is 41.5 Å². The van der Waals surface area contributed by atoms with Gasteiger partial charge in [0.1, 0.15) is 0 Å². The van der Waals surface area contributed by atoms with E-state index >= 15 is 0 Å². The molecule has 0 aromatic heterocycles. The third-order valence-electron chi connectivity index (χ3n) is 1.74. The average molecular weight is 166 g/mol. The lowest BCUT2D eigenvalue weighted by atomic mass is 10.1. The lowest BCUT2D eigenvalue weighted by Crippen LogP contribution is -2.22. The quantitative estimate of drug-likeness (QED) is 0.659. The lowest BCUT2D eigenvalue weighted by molar-refractivity contribution is -0.118. The van der Waals surface area contributed by atoms with Crippen molar-refractivity contribution in [2.75, 3.05) is 6.54 Å². The Kier molecular flexibility index (Phi) is 3.02. The first-order chi connectivity index (χ1) is 5.68. The summed E-state index contributed by atoms with van der Waals surface area (Å²) in [6, 6.07) is 0. The van der Waals surface area contributed by atoms with Gasteiger partial charge in [-0.3, -0.25) is 9.79 Å². The van der Waals surface area contributed by atoms with Gasteiger partial charge in [-0.2, -0.15) is 0 Å². The van der Waals surface area contributed by atoms with Crippen LogP contribution in [0.3, 0.4) is 0 Å². The predicted octanol–water partition coefficient (Wildman–Crippen LogP) is 1.26. The Balaban J connectivity index is 2.42. The summed E-state index contributed by atoms with van der Waals surface area (Å²) >= 11 is 0. The maximum Gasteiger partial charge on any atom is 0.217 e. The first-order valence-electron chi connectivity index (χ1n) is 4.16. The molecule has 12 heavy (non-hydrogen) atoms. The first-order valence-corrected chi connectivity index (χ1v) is 4.16. The smallest absolute Gasteiger partial charge is 0.217 e. The van der Waals surface area contributed by atoms with Gasteiger partial charge in [-0.1, -0.05) is 6.08 Å². The molecular formula is C9H14N2O. The first kappa shape index (κ1) is 8.97. The summed E-state index contributed by atoms with van der Waals surface area (Å²) in [5.74, 6) is -0.00525. The number of carbonyl (C=O) groups excluding carboxylic acids is 1. The van der Waals surface area contributed by atoms with Crippen LogP contribution >= 0.6 is 0 Å². The van der Waals surface area contributed by atoms with E-state index in [4.69, 9.17) is 0 Å². The second-order valence-electron chi connectivity index (χ2n) is 2.99. The number of carbonyl (C=O) groups is 1. The van der Waals surface area contributed by atoms with Crippen LogP contribution in [-0.2, 0) is 4.79 Å². The molecule has 0 atom stereocenters. The van der Waals surface area contributed by atoms with Gasteiger partial charge in [-0.15, -0.1) is 0 Å². The SMILES string of the molecule is CC(=O)NCC1=CCCC(C)=N1. The third kappa shape index (κ3) is 2.86. The molecular weight excluding hydrogens is 152 g/mol. The van der Waals surface area contributed by atoms with Crippen molar-refractivity contribution < 1.29 is 4.79 Å². The highest BCUT2D eigenvalue weighted by Gasteiger charge is 2.02. The molecule has 0 spiro atoms. The molecule has 0 aromatic carbocycles. The summed E-state index contributed by atoms with van der Waals surface area (Å²) in [6.45, 7) is 4.09. The Bertz CT molecular complexity index is 241. The molecule has 0 saturated heterocycles. The molecule has 1 amide bonds. The minimum absolute atomic E-state index is 0.00525. The van der Waals surface area contributed by atoms with Crippen LogP contribution in [0.4, 0.5) is 0 Å². The Morgan fingerprint density at radius 2 is 2.50 bits per heavy atom. The van der Waals surface area contributed by atoms with E-state index in [0.29, 0.717) is 6.54 Å². The van der Waals surface area contributed by atoms with Gasteiger partial charge in [0.15, 0.2) is 0 Å². The van der Waals surface area contributed by atoms with E-state index in [0.717, 1.165) is 24.3 Å². The van der Waals surface area contributed by atoms with E-state index in [2.05, 4.69) is 16.4 Å². The van der Waals surface area contributed by atoms with Crippen LogP contribution in [0.1, 0.15) is 26.7 Å². The third-order valence-corrected chi connectivity index (χ3v) is 1.74. The molecule has 1 heterocycles. The van der Waals surface area contributed by atoms with Crippen LogP contribution in [0.15, 0.2) is 16.8 Å². The van der Waals surface area contributed by atoms with Crippen molar-refractivity contribution in [3.8, 4) is 0 Å². The zero-order valence-corrected chi connectivity index (χ0v) is 7.55. The van der Waals surface area contributed by atoms with Crippen molar-refractivity contribution in [1.82, 2.24) is 5.32 Å². The van der Waals surface area contributed by atoms with E-state index in [1.54, 1.807) is 0 Å². The van der Waals surface area contributed by atoms with Crippen LogP contribution in [-0.4, -0.2) is 18.2 Å². The van der Waals surface area contributed by atoms with Crippen molar-refractivity contribution in [3.05, 3.63) is 11.8 Å². The highest BCUT2D eigenvalue weighted by atomic mass is 16.1. The van der Waals surface area contributed by atoms with Crippen molar-refractivity contribution in [2.45, 2.75) is 26.7 Å². The molecule has 0 radical (unpaired) electrons. The van der Waals surface area contributed by atoms with Crippen LogP contribution in [0.5, 0.6) is 0 Å². The maximum atomic E-state index is 10.6. The monoisotopic (exact) mass is 166 g/mol. The number of allylic oxidation sites excluding steroid dienone is 1. The number of amides is 1. The largest absolute Gasteiger partial charge is 0.351 e. The minimum Gasteiger partial charge on any atom is -0.351 e. The second kappa shape index (κ2) is 4.04. The Labute approximate surface area is 72.6 Å². The molecule has 1 rings (SSSR count). The van der Waals surface area contributed by atoms with Gasteiger partial charge in [-0.25, -0.2) is 0 Å². The van der Waals surface area contributed by atoms with Crippen LogP contribution in [0.2, 0.25) is 0 Å². The van der Waals surface area contributed by atoms with Gasteiger partial charge < -0.3 is 5.32 Å². The molecule has 1 aliphatic rings.